The normalized spacial score (nSPS) is 20.4. The van der Waals surface area contributed by atoms with Gasteiger partial charge in [-0.15, -0.1) is 0 Å². The first-order chi connectivity index (χ1) is 11.1. The van der Waals surface area contributed by atoms with Crippen molar-refractivity contribution in [3.8, 4) is 0 Å². The van der Waals surface area contributed by atoms with Gasteiger partial charge >= 0.3 is 0 Å². The van der Waals surface area contributed by atoms with Crippen molar-refractivity contribution in [3.05, 3.63) is 29.6 Å². The molecule has 0 saturated carbocycles. The third kappa shape index (κ3) is 4.11. The molecule has 1 aromatic heterocycles. The molecule has 3 rings (SSSR count). The molecule has 2 fully saturated rings. The van der Waals surface area contributed by atoms with E-state index in [9.17, 15) is 4.79 Å². The standard InChI is InChI=1S/C19H29N3O/c1-15(2)16-8-12-21(13-9-16)14-17-6-5-7-18(20-17)19(23)22-10-3-4-11-22/h5-7,15-16H,3-4,8-14H2,1-2H3. The molecule has 0 aliphatic carbocycles. The molecule has 1 aromatic rings. The van der Waals surface area contributed by atoms with E-state index in [4.69, 9.17) is 0 Å². The molecule has 0 radical (unpaired) electrons. The van der Waals surface area contributed by atoms with Crippen molar-refractivity contribution in [3.63, 3.8) is 0 Å². The quantitative estimate of drug-likeness (QED) is 0.856. The third-order valence-corrected chi connectivity index (χ3v) is 5.38. The Morgan fingerprint density at radius 2 is 1.87 bits per heavy atom. The van der Waals surface area contributed by atoms with Crippen molar-refractivity contribution < 1.29 is 4.79 Å². The predicted octanol–water partition coefficient (Wildman–Crippen LogP) is 3.19. The lowest BCUT2D eigenvalue weighted by molar-refractivity contribution is 0.0786. The fraction of sp³-hybridized carbons (Fsp3) is 0.684. The van der Waals surface area contributed by atoms with E-state index >= 15 is 0 Å². The highest BCUT2D eigenvalue weighted by Gasteiger charge is 2.23. The van der Waals surface area contributed by atoms with E-state index in [0.717, 1.165) is 63.1 Å². The van der Waals surface area contributed by atoms with Crippen molar-refractivity contribution >= 4 is 5.91 Å². The van der Waals surface area contributed by atoms with Gasteiger partial charge in [0.25, 0.3) is 5.91 Å². The molecule has 4 heteroatoms. The molecule has 23 heavy (non-hydrogen) atoms. The monoisotopic (exact) mass is 315 g/mol. The number of hydrogen-bond donors (Lipinski definition) is 0. The minimum Gasteiger partial charge on any atom is -0.337 e. The van der Waals surface area contributed by atoms with Crippen LogP contribution in [0.15, 0.2) is 18.2 Å². The molecule has 0 spiro atoms. The van der Waals surface area contributed by atoms with Crippen LogP contribution in [0.1, 0.15) is 55.7 Å². The van der Waals surface area contributed by atoms with E-state index in [1.165, 1.54) is 12.8 Å². The lowest BCUT2D eigenvalue weighted by Crippen LogP contribution is -2.35. The predicted molar refractivity (Wildman–Crippen MR) is 92.2 cm³/mol. The number of carbonyl (C=O) groups is 1. The van der Waals surface area contributed by atoms with E-state index < -0.39 is 0 Å². The van der Waals surface area contributed by atoms with Crippen LogP contribution in [0.3, 0.4) is 0 Å². The first-order valence-corrected chi connectivity index (χ1v) is 9.11. The molecule has 1 amide bonds. The Hall–Kier alpha value is -1.42. The lowest BCUT2D eigenvalue weighted by atomic mass is 9.87. The Morgan fingerprint density at radius 1 is 1.17 bits per heavy atom. The molecule has 0 aromatic carbocycles. The summed E-state index contributed by atoms with van der Waals surface area (Å²) in [5, 5.41) is 0. The number of rotatable bonds is 4. The first kappa shape index (κ1) is 16.4. The highest BCUT2D eigenvalue weighted by atomic mass is 16.2. The highest BCUT2D eigenvalue weighted by molar-refractivity contribution is 5.92. The minimum atomic E-state index is 0.0999. The molecule has 0 N–H and O–H groups in total. The number of nitrogens with zero attached hydrogens (tertiary/aromatic N) is 3. The van der Waals surface area contributed by atoms with Gasteiger partial charge < -0.3 is 4.90 Å². The average molecular weight is 315 g/mol. The largest absolute Gasteiger partial charge is 0.337 e. The zero-order chi connectivity index (χ0) is 16.2. The van der Waals surface area contributed by atoms with E-state index in [2.05, 4.69) is 29.8 Å². The molecular weight excluding hydrogens is 286 g/mol. The van der Waals surface area contributed by atoms with Crippen molar-refractivity contribution in [2.45, 2.75) is 46.1 Å². The number of aromatic nitrogens is 1. The Labute approximate surface area is 139 Å². The van der Waals surface area contributed by atoms with Gasteiger partial charge in [-0.25, -0.2) is 4.98 Å². The van der Waals surface area contributed by atoms with Crippen LogP contribution >= 0.6 is 0 Å². The molecule has 3 heterocycles. The van der Waals surface area contributed by atoms with Crippen LogP contribution in [0.2, 0.25) is 0 Å². The van der Waals surface area contributed by atoms with E-state index in [1.54, 1.807) is 0 Å². The van der Waals surface area contributed by atoms with E-state index in [-0.39, 0.29) is 5.91 Å². The topological polar surface area (TPSA) is 36.4 Å². The van der Waals surface area contributed by atoms with Gasteiger partial charge in [0.2, 0.25) is 0 Å². The van der Waals surface area contributed by atoms with Gasteiger partial charge in [0, 0.05) is 19.6 Å². The fourth-order valence-corrected chi connectivity index (χ4v) is 3.78. The molecule has 0 bridgehead atoms. The average Bonchev–Trinajstić information content (AvgIpc) is 3.09. The van der Waals surface area contributed by atoms with Crippen LogP contribution in [0.4, 0.5) is 0 Å². The van der Waals surface area contributed by atoms with Crippen LogP contribution in [-0.2, 0) is 6.54 Å². The summed E-state index contributed by atoms with van der Waals surface area (Å²) in [5.74, 6) is 1.75. The summed E-state index contributed by atoms with van der Waals surface area (Å²) in [6.07, 6.45) is 4.81. The summed E-state index contributed by atoms with van der Waals surface area (Å²) in [6.45, 7) is 9.58. The molecule has 0 atom stereocenters. The van der Waals surface area contributed by atoms with Gasteiger partial charge in [0.05, 0.1) is 5.69 Å². The zero-order valence-electron chi connectivity index (χ0n) is 14.5. The van der Waals surface area contributed by atoms with Gasteiger partial charge in [-0.2, -0.15) is 0 Å². The Balaban J connectivity index is 1.59. The van der Waals surface area contributed by atoms with E-state index in [1.807, 2.05) is 17.0 Å². The summed E-state index contributed by atoms with van der Waals surface area (Å²) in [4.78, 5) is 21.5. The summed E-state index contributed by atoms with van der Waals surface area (Å²) in [5.41, 5.74) is 1.64. The molecule has 126 valence electrons. The second-order valence-electron chi connectivity index (χ2n) is 7.37. The summed E-state index contributed by atoms with van der Waals surface area (Å²) >= 11 is 0. The molecule has 0 unspecified atom stereocenters. The Morgan fingerprint density at radius 3 is 2.52 bits per heavy atom. The van der Waals surface area contributed by atoms with Crippen LogP contribution in [0, 0.1) is 11.8 Å². The summed E-state index contributed by atoms with van der Waals surface area (Å²) in [6, 6.07) is 5.89. The molecule has 2 aliphatic rings. The number of piperidine rings is 1. The van der Waals surface area contributed by atoms with Crippen molar-refractivity contribution in [2.75, 3.05) is 26.2 Å². The van der Waals surface area contributed by atoms with Gasteiger partial charge in [0.1, 0.15) is 5.69 Å². The maximum Gasteiger partial charge on any atom is 0.272 e. The van der Waals surface area contributed by atoms with Crippen molar-refractivity contribution in [2.24, 2.45) is 11.8 Å². The molecule has 4 nitrogen and oxygen atoms in total. The molecule has 2 saturated heterocycles. The highest BCUT2D eigenvalue weighted by Crippen LogP contribution is 2.25. The SMILES string of the molecule is CC(C)C1CCN(Cc2cccc(C(=O)N3CCCC3)n2)CC1. The van der Waals surface area contributed by atoms with Gasteiger partial charge in [-0.1, -0.05) is 19.9 Å². The molecule has 2 aliphatic heterocycles. The zero-order valence-corrected chi connectivity index (χ0v) is 14.5. The summed E-state index contributed by atoms with van der Waals surface area (Å²) < 4.78 is 0. The number of hydrogen-bond acceptors (Lipinski definition) is 3. The Bertz CT molecular complexity index is 529. The van der Waals surface area contributed by atoms with Crippen LogP contribution in [-0.4, -0.2) is 46.9 Å². The van der Waals surface area contributed by atoms with Crippen LogP contribution in [0.25, 0.3) is 0 Å². The number of likely N-dealkylation sites (tertiary alicyclic amines) is 2. The molecular formula is C19H29N3O. The fourth-order valence-electron chi connectivity index (χ4n) is 3.78. The van der Waals surface area contributed by atoms with Crippen molar-refractivity contribution in [1.82, 2.24) is 14.8 Å². The number of amides is 1. The smallest absolute Gasteiger partial charge is 0.272 e. The van der Waals surface area contributed by atoms with Crippen molar-refractivity contribution in [1.29, 1.82) is 0 Å². The van der Waals surface area contributed by atoms with Gasteiger partial charge in [-0.3, -0.25) is 9.69 Å². The number of carbonyl (C=O) groups excluding carboxylic acids is 1. The lowest BCUT2D eigenvalue weighted by Gasteiger charge is -2.33. The minimum absolute atomic E-state index is 0.0999. The Kier molecular flexibility index (Phi) is 5.31. The van der Waals surface area contributed by atoms with Gasteiger partial charge in [0.15, 0.2) is 0 Å². The summed E-state index contributed by atoms with van der Waals surface area (Å²) in [7, 11) is 0. The van der Waals surface area contributed by atoms with E-state index in [0.29, 0.717) is 5.69 Å². The number of pyridine rings is 1. The second-order valence-corrected chi connectivity index (χ2v) is 7.37. The third-order valence-electron chi connectivity index (χ3n) is 5.38. The van der Waals surface area contributed by atoms with Gasteiger partial charge in [-0.05, 0) is 62.7 Å². The van der Waals surface area contributed by atoms with Crippen LogP contribution < -0.4 is 0 Å². The second kappa shape index (κ2) is 7.43. The maximum absolute atomic E-state index is 12.5. The maximum atomic E-state index is 12.5. The first-order valence-electron chi connectivity index (χ1n) is 9.11. The van der Waals surface area contributed by atoms with Crippen LogP contribution in [0.5, 0.6) is 0 Å².